The Morgan fingerprint density at radius 1 is 1.20 bits per heavy atom. The first kappa shape index (κ1) is 19.1. The summed E-state index contributed by atoms with van der Waals surface area (Å²) >= 11 is 0. The first-order chi connectivity index (χ1) is 14.5. The number of anilines is 1. The largest absolute Gasteiger partial charge is 0.453 e. The summed E-state index contributed by atoms with van der Waals surface area (Å²) in [4.78, 5) is 13.3. The van der Waals surface area contributed by atoms with Crippen LogP contribution < -0.4 is 15.4 Å². The molecular weight excluding hydrogens is 390 g/mol. The second kappa shape index (κ2) is 7.43. The van der Waals surface area contributed by atoms with Gasteiger partial charge in [-0.1, -0.05) is 0 Å². The number of ether oxygens (including phenoxy) is 1. The van der Waals surface area contributed by atoms with E-state index in [0.29, 0.717) is 28.7 Å². The molecule has 1 aliphatic carbocycles. The summed E-state index contributed by atoms with van der Waals surface area (Å²) in [7, 11) is 0. The van der Waals surface area contributed by atoms with Gasteiger partial charge in [0.05, 0.1) is 11.9 Å². The fourth-order valence-electron chi connectivity index (χ4n) is 3.68. The minimum absolute atomic E-state index is 0.0875. The summed E-state index contributed by atoms with van der Waals surface area (Å²) < 4.78 is 6.51. The molecule has 3 aromatic rings. The van der Waals surface area contributed by atoms with Gasteiger partial charge in [-0.3, -0.25) is 0 Å². The van der Waals surface area contributed by atoms with Crippen molar-refractivity contribution in [3.05, 3.63) is 30.2 Å². The summed E-state index contributed by atoms with van der Waals surface area (Å²) in [5.74, 6) is 0.761. The summed E-state index contributed by atoms with van der Waals surface area (Å²) in [5, 5.41) is 39.0. The molecule has 1 unspecified atom stereocenters. The maximum atomic E-state index is 9.22. The molecule has 2 aliphatic rings. The Labute approximate surface area is 171 Å². The topological polar surface area (TPSA) is 150 Å². The second-order valence-corrected chi connectivity index (χ2v) is 7.71. The Kier molecular flexibility index (Phi) is 4.74. The second-order valence-electron chi connectivity index (χ2n) is 7.71. The molecule has 30 heavy (non-hydrogen) atoms. The Bertz CT molecular complexity index is 1050. The lowest BCUT2D eigenvalue weighted by atomic mass is 10.1. The maximum Gasteiger partial charge on any atom is 0.453 e. The first-order valence-electron chi connectivity index (χ1n) is 10.0. The monoisotopic (exact) mass is 413 g/mol. The average molecular weight is 413 g/mol. The Morgan fingerprint density at radius 3 is 2.80 bits per heavy atom. The van der Waals surface area contributed by atoms with E-state index in [1.165, 1.54) is 6.07 Å². The van der Waals surface area contributed by atoms with Gasteiger partial charge in [0.1, 0.15) is 11.4 Å². The minimum atomic E-state index is -3.28. The standard InChI is InChI=1S/C19H23N7O4/c27-19(28,29)30-15-8-16-22-10-14(26(16)25-17(15)11-3-4-11)13-5-7-21-18(24-13)23-12-2-1-6-20-9-12/h5,7-8,10-12,20,27-29H,1-4,6,9H2,(H,21,23,24). The van der Waals surface area contributed by atoms with Gasteiger partial charge >= 0.3 is 6.16 Å². The molecule has 11 nitrogen and oxygen atoms in total. The molecule has 0 bridgehead atoms. The van der Waals surface area contributed by atoms with Crippen molar-refractivity contribution in [1.82, 2.24) is 29.9 Å². The molecule has 0 radical (unpaired) electrons. The van der Waals surface area contributed by atoms with Crippen LogP contribution in [0.2, 0.25) is 0 Å². The van der Waals surface area contributed by atoms with E-state index in [1.807, 2.05) is 0 Å². The molecule has 5 rings (SSSR count). The van der Waals surface area contributed by atoms with Crippen molar-refractivity contribution in [3.8, 4) is 17.1 Å². The summed E-state index contributed by atoms with van der Waals surface area (Å²) in [6, 6.07) is 3.60. The third-order valence-electron chi connectivity index (χ3n) is 5.24. The van der Waals surface area contributed by atoms with E-state index < -0.39 is 6.16 Å². The molecule has 1 aliphatic heterocycles. The van der Waals surface area contributed by atoms with E-state index in [-0.39, 0.29) is 17.7 Å². The highest BCUT2D eigenvalue weighted by Crippen LogP contribution is 2.44. The zero-order valence-corrected chi connectivity index (χ0v) is 16.2. The molecule has 158 valence electrons. The first-order valence-corrected chi connectivity index (χ1v) is 10.0. The highest BCUT2D eigenvalue weighted by atomic mass is 16.9. The number of aliphatic hydroxyl groups is 3. The van der Waals surface area contributed by atoms with Crippen molar-refractivity contribution in [2.45, 2.75) is 43.8 Å². The number of piperidine rings is 1. The van der Waals surface area contributed by atoms with Crippen LogP contribution in [-0.4, -0.2) is 65.2 Å². The number of hydrogen-bond acceptors (Lipinski definition) is 10. The van der Waals surface area contributed by atoms with Gasteiger partial charge in [-0.25, -0.2) is 19.5 Å². The van der Waals surface area contributed by atoms with Crippen molar-refractivity contribution in [1.29, 1.82) is 0 Å². The van der Waals surface area contributed by atoms with Crippen molar-refractivity contribution in [2.75, 3.05) is 18.4 Å². The summed E-state index contributed by atoms with van der Waals surface area (Å²) in [6.07, 6.45) is 4.04. The minimum Gasteiger partial charge on any atom is -0.415 e. The van der Waals surface area contributed by atoms with Gasteiger partial charge in [0, 0.05) is 30.8 Å². The third-order valence-corrected chi connectivity index (χ3v) is 5.24. The molecule has 0 amide bonds. The molecule has 11 heteroatoms. The van der Waals surface area contributed by atoms with Crippen LogP contribution in [0.4, 0.5) is 5.95 Å². The van der Waals surface area contributed by atoms with Crippen LogP contribution >= 0.6 is 0 Å². The van der Waals surface area contributed by atoms with Gasteiger partial charge in [0.25, 0.3) is 0 Å². The Balaban J connectivity index is 1.49. The van der Waals surface area contributed by atoms with E-state index in [2.05, 4.69) is 30.7 Å². The summed E-state index contributed by atoms with van der Waals surface area (Å²) in [6.45, 7) is 1.91. The number of hydrogen-bond donors (Lipinski definition) is 5. The van der Waals surface area contributed by atoms with Crippen molar-refractivity contribution >= 4 is 11.6 Å². The average Bonchev–Trinajstić information content (AvgIpc) is 3.47. The lowest BCUT2D eigenvalue weighted by Crippen LogP contribution is -2.38. The molecule has 5 N–H and O–H groups in total. The van der Waals surface area contributed by atoms with E-state index in [4.69, 9.17) is 4.74 Å². The highest BCUT2D eigenvalue weighted by molar-refractivity contribution is 5.61. The lowest BCUT2D eigenvalue weighted by molar-refractivity contribution is -0.419. The number of nitrogens with one attached hydrogen (secondary N) is 2. The fourth-order valence-corrected chi connectivity index (χ4v) is 3.68. The van der Waals surface area contributed by atoms with Crippen LogP contribution in [0.25, 0.3) is 17.0 Å². The van der Waals surface area contributed by atoms with Gasteiger partial charge in [0.15, 0.2) is 11.4 Å². The lowest BCUT2D eigenvalue weighted by Gasteiger charge is -2.23. The zero-order valence-electron chi connectivity index (χ0n) is 16.2. The fraction of sp³-hybridized carbons (Fsp3) is 0.474. The van der Waals surface area contributed by atoms with Crippen LogP contribution in [-0.2, 0) is 0 Å². The molecule has 1 saturated carbocycles. The van der Waals surface area contributed by atoms with Crippen LogP contribution in [0.3, 0.4) is 0 Å². The molecule has 0 spiro atoms. The smallest absolute Gasteiger partial charge is 0.415 e. The molecule has 0 aromatic carbocycles. The molecule has 3 aromatic heterocycles. The predicted octanol–water partition coefficient (Wildman–Crippen LogP) is 0.195. The number of imidazole rings is 1. The number of fused-ring (bicyclic) bond motifs is 1. The quantitative estimate of drug-likeness (QED) is 0.355. The number of nitrogens with zero attached hydrogens (tertiary/aromatic N) is 5. The molecule has 1 atom stereocenters. The Morgan fingerprint density at radius 2 is 2.07 bits per heavy atom. The van der Waals surface area contributed by atoms with E-state index in [1.54, 1.807) is 23.0 Å². The van der Waals surface area contributed by atoms with Crippen molar-refractivity contribution < 1.29 is 20.1 Å². The van der Waals surface area contributed by atoms with Gasteiger partial charge in [-0.05, 0) is 38.3 Å². The van der Waals surface area contributed by atoms with E-state index >= 15 is 0 Å². The van der Waals surface area contributed by atoms with Gasteiger partial charge in [0.2, 0.25) is 5.95 Å². The highest BCUT2D eigenvalue weighted by Gasteiger charge is 2.33. The SMILES string of the molecule is OC(O)(O)Oc1cc2ncc(-c3ccnc(NC4CCCNC4)n3)n2nc1C1CC1. The Hall–Kier alpha value is -2.86. The van der Waals surface area contributed by atoms with Crippen LogP contribution in [0.1, 0.15) is 37.3 Å². The zero-order chi connectivity index (χ0) is 20.7. The maximum absolute atomic E-state index is 9.22. The number of rotatable bonds is 6. The van der Waals surface area contributed by atoms with Gasteiger partial charge in [-0.2, -0.15) is 5.10 Å². The third kappa shape index (κ3) is 4.05. The van der Waals surface area contributed by atoms with Gasteiger partial charge < -0.3 is 30.7 Å². The predicted molar refractivity (Wildman–Crippen MR) is 106 cm³/mol. The van der Waals surface area contributed by atoms with Crippen LogP contribution in [0, 0.1) is 0 Å². The normalized spacial score (nSPS) is 19.8. The molecular formula is C19H23N7O4. The number of aromatic nitrogens is 5. The van der Waals surface area contributed by atoms with Crippen molar-refractivity contribution in [2.24, 2.45) is 0 Å². The van der Waals surface area contributed by atoms with Crippen molar-refractivity contribution in [3.63, 3.8) is 0 Å². The molecule has 2 fully saturated rings. The summed E-state index contributed by atoms with van der Waals surface area (Å²) in [5.41, 5.74) is 2.30. The molecule has 4 heterocycles. The van der Waals surface area contributed by atoms with Gasteiger partial charge in [-0.15, -0.1) is 0 Å². The van der Waals surface area contributed by atoms with E-state index in [9.17, 15) is 15.3 Å². The molecule has 1 saturated heterocycles. The van der Waals surface area contributed by atoms with E-state index in [0.717, 1.165) is 38.8 Å². The van der Waals surface area contributed by atoms with Crippen LogP contribution in [0.5, 0.6) is 5.75 Å². The van der Waals surface area contributed by atoms with Crippen LogP contribution in [0.15, 0.2) is 24.5 Å².